The van der Waals surface area contributed by atoms with Gasteiger partial charge in [-0.3, -0.25) is 4.90 Å². The van der Waals surface area contributed by atoms with Gasteiger partial charge in [0.15, 0.2) is 0 Å². The zero-order valence-corrected chi connectivity index (χ0v) is 17.2. The highest BCUT2D eigenvalue weighted by Gasteiger charge is 2.42. The molecule has 2 heterocycles. The molecule has 2 bridgehead atoms. The minimum Gasteiger partial charge on any atom is -0.492 e. The molecule has 1 aromatic carbocycles. The number of fused-ring (bicyclic) bond motifs is 2. The molecule has 2 atom stereocenters. The van der Waals surface area contributed by atoms with Crippen molar-refractivity contribution in [2.24, 2.45) is 0 Å². The highest BCUT2D eigenvalue weighted by atomic mass is 16.5. The first kappa shape index (κ1) is 19.6. The van der Waals surface area contributed by atoms with Gasteiger partial charge in [-0.2, -0.15) is 0 Å². The number of nitrogens with zero attached hydrogens (tertiary/aromatic N) is 1. The number of hydrogen-bond donors (Lipinski definition) is 2. The maximum Gasteiger partial charge on any atom is 0.319 e. The highest BCUT2D eigenvalue weighted by Crippen LogP contribution is 2.39. The normalized spacial score (nSPS) is 28.5. The SMILES string of the molecule is CCOc1ccccc1NC(=O)NC1C[C@H]2CCC[C@H](C1)N2C1CCCCC1. The van der Waals surface area contributed by atoms with Gasteiger partial charge < -0.3 is 15.4 Å². The second-order valence-corrected chi connectivity index (χ2v) is 8.67. The third-order valence-electron chi connectivity index (χ3n) is 6.80. The van der Waals surface area contributed by atoms with Crippen LogP contribution >= 0.6 is 0 Å². The van der Waals surface area contributed by atoms with E-state index in [-0.39, 0.29) is 12.1 Å². The zero-order chi connectivity index (χ0) is 19.3. The van der Waals surface area contributed by atoms with Crippen LogP contribution in [-0.4, -0.2) is 41.7 Å². The molecule has 3 aliphatic rings. The van der Waals surface area contributed by atoms with Gasteiger partial charge in [0.2, 0.25) is 0 Å². The summed E-state index contributed by atoms with van der Waals surface area (Å²) in [7, 11) is 0. The van der Waals surface area contributed by atoms with Gasteiger partial charge in [0.25, 0.3) is 0 Å². The third-order valence-corrected chi connectivity index (χ3v) is 6.80. The third kappa shape index (κ3) is 4.45. The minimum atomic E-state index is -0.110. The van der Waals surface area contributed by atoms with Crippen molar-refractivity contribution in [2.45, 2.75) is 95.3 Å². The molecule has 0 aromatic heterocycles. The first-order valence-corrected chi connectivity index (χ1v) is 11.3. The van der Waals surface area contributed by atoms with Crippen molar-refractivity contribution in [3.05, 3.63) is 24.3 Å². The van der Waals surface area contributed by atoms with Gasteiger partial charge in [-0.25, -0.2) is 4.79 Å². The van der Waals surface area contributed by atoms with Crippen LogP contribution in [0.1, 0.15) is 71.1 Å². The summed E-state index contributed by atoms with van der Waals surface area (Å²) in [4.78, 5) is 15.5. The standard InChI is InChI=1S/C23H35N3O2/c1-2-28-22-14-7-6-13-21(22)25-23(27)24-17-15-19-11-8-12-20(16-17)26(19)18-9-4-3-5-10-18/h6-7,13-14,17-20H,2-5,8-12,15-16H2,1H3,(H2,24,25,27)/t19-,20-/m1/s1. The Morgan fingerprint density at radius 1 is 1.00 bits per heavy atom. The lowest BCUT2D eigenvalue weighted by molar-refractivity contribution is -0.0202. The number of anilines is 1. The molecule has 0 radical (unpaired) electrons. The van der Waals surface area contributed by atoms with Crippen LogP contribution < -0.4 is 15.4 Å². The van der Waals surface area contributed by atoms with Crippen molar-refractivity contribution in [2.75, 3.05) is 11.9 Å². The summed E-state index contributed by atoms with van der Waals surface area (Å²) >= 11 is 0. The van der Waals surface area contributed by atoms with Crippen molar-refractivity contribution in [1.29, 1.82) is 0 Å². The predicted octanol–water partition coefficient (Wildman–Crippen LogP) is 4.93. The number of rotatable bonds is 5. The molecule has 5 heteroatoms. The molecule has 154 valence electrons. The van der Waals surface area contributed by atoms with Crippen LogP contribution in [0.3, 0.4) is 0 Å². The van der Waals surface area contributed by atoms with E-state index < -0.39 is 0 Å². The molecule has 28 heavy (non-hydrogen) atoms. The van der Waals surface area contributed by atoms with E-state index >= 15 is 0 Å². The number of hydrogen-bond acceptors (Lipinski definition) is 3. The molecule has 2 saturated heterocycles. The van der Waals surface area contributed by atoms with Crippen molar-refractivity contribution in [3.63, 3.8) is 0 Å². The first-order valence-electron chi connectivity index (χ1n) is 11.3. The lowest BCUT2D eigenvalue weighted by Gasteiger charge is -2.53. The Morgan fingerprint density at radius 2 is 1.68 bits per heavy atom. The van der Waals surface area contributed by atoms with Crippen LogP contribution in [0.5, 0.6) is 5.75 Å². The second kappa shape index (κ2) is 9.17. The maximum atomic E-state index is 12.6. The number of ether oxygens (including phenoxy) is 1. The van der Waals surface area contributed by atoms with Gasteiger partial charge >= 0.3 is 6.03 Å². The fraction of sp³-hybridized carbons (Fsp3) is 0.696. The zero-order valence-electron chi connectivity index (χ0n) is 17.2. The summed E-state index contributed by atoms with van der Waals surface area (Å²) < 4.78 is 5.62. The van der Waals surface area contributed by atoms with Crippen LogP contribution in [0.25, 0.3) is 0 Å². The molecular weight excluding hydrogens is 350 g/mol. The molecule has 0 unspecified atom stereocenters. The molecule has 5 nitrogen and oxygen atoms in total. The number of para-hydroxylation sites is 2. The van der Waals surface area contributed by atoms with Crippen LogP contribution in [0.15, 0.2) is 24.3 Å². The smallest absolute Gasteiger partial charge is 0.319 e. The fourth-order valence-corrected chi connectivity index (χ4v) is 5.71. The second-order valence-electron chi connectivity index (χ2n) is 8.67. The van der Waals surface area contributed by atoms with Gasteiger partial charge in [0, 0.05) is 24.2 Å². The quantitative estimate of drug-likeness (QED) is 0.756. The molecule has 0 spiro atoms. The summed E-state index contributed by atoms with van der Waals surface area (Å²) in [6.07, 6.45) is 13.1. The molecule has 1 aliphatic carbocycles. The largest absolute Gasteiger partial charge is 0.492 e. The van der Waals surface area contributed by atoms with Crippen molar-refractivity contribution in [1.82, 2.24) is 10.2 Å². The van der Waals surface area contributed by atoms with Crippen molar-refractivity contribution < 1.29 is 9.53 Å². The average molecular weight is 386 g/mol. The molecular formula is C23H35N3O2. The van der Waals surface area contributed by atoms with Gasteiger partial charge in [-0.05, 0) is 57.6 Å². The molecule has 3 fully saturated rings. The van der Waals surface area contributed by atoms with E-state index in [1.807, 2.05) is 31.2 Å². The van der Waals surface area contributed by atoms with Gasteiger partial charge in [0.05, 0.1) is 12.3 Å². The summed E-state index contributed by atoms with van der Waals surface area (Å²) in [5.74, 6) is 0.726. The van der Waals surface area contributed by atoms with Gasteiger partial charge in [-0.1, -0.05) is 37.8 Å². The Hall–Kier alpha value is -1.75. The van der Waals surface area contributed by atoms with Gasteiger partial charge in [-0.15, -0.1) is 0 Å². The van der Waals surface area contributed by atoms with E-state index in [0.717, 1.165) is 30.3 Å². The van der Waals surface area contributed by atoms with Crippen molar-refractivity contribution in [3.8, 4) is 5.75 Å². The summed E-state index contributed by atoms with van der Waals surface area (Å²) in [5, 5.41) is 6.25. The Balaban J connectivity index is 1.35. The molecule has 1 aromatic rings. The molecule has 4 rings (SSSR count). The van der Waals surface area contributed by atoms with Crippen LogP contribution in [0.2, 0.25) is 0 Å². The molecule has 1 saturated carbocycles. The number of piperidine rings is 2. The maximum absolute atomic E-state index is 12.6. The molecule has 2 aliphatic heterocycles. The monoisotopic (exact) mass is 385 g/mol. The van der Waals surface area contributed by atoms with E-state index in [2.05, 4.69) is 15.5 Å². The first-order chi connectivity index (χ1) is 13.7. The predicted molar refractivity (Wildman–Crippen MR) is 113 cm³/mol. The Labute approximate surface area is 169 Å². The van der Waals surface area contributed by atoms with Crippen molar-refractivity contribution >= 4 is 11.7 Å². The van der Waals surface area contributed by atoms with Crippen LogP contribution in [0.4, 0.5) is 10.5 Å². The Bertz CT molecular complexity index is 645. The van der Waals surface area contributed by atoms with E-state index in [4.69, 9.17) is 4.74 Å². The van der Waals surface area contributed by atoms with Crippen LogP contribution in [0, 0.1) is 0 Å². The number of urea groups is 1. The topological polar surface area (TPSA) is 53.6 Å². The minimum absolute atomic E-state index is 0.110. The van der Waals surface area contributed by atoms with E-state index in [1.54, 1.807) is 0 Å². The van der Waals surface area contributed by atoms with E-state index in [1.165, 1.54) is 51.4 Å². The van der Waals surface area contributed by atoms with E-state index in [0.29, 0.717) is 18.7 Å². The number of nitrogens with one attached hydrogen (secondary N) is 2. The number of carbonyl (C=O) groups is 1. The molecule has 2 N–H and O–H groups in total. The van der Waals surface area contributed by atoms with E-state index in [9.17, 15) is 4.79 Å². The number of carbonyl (C=O) groups excluding carboxylic acids is 1. The Kier molecular flexibility index (Phi) is 6.40. The average Bonchev–Trinajstić information content (AvgIpc) is 2.69. The number of amides is 2. The lowest BCUT2D eigenvalue weighted by Crippen LogP contribution is -2.60. The lowest BCUT2D eigenvalue weighted by atomic mass is 9.78. The number of benzene rings is 1. The summed E-state index contributed by atoms with van der Waals surface area (Å²) in [6, 6.07) is 9.89. The summed E-state index contributed by atoms with van der Waals surface area (Å²) in [6.45, 7) is 2.54. The Morgan fingerprint density at radius 3 is 2.39 bits per heavy atom. The van der Waals surface area contributed by atoms with Crippen LogP contribution in [-0.2, 0) is 0 Å². The molecule has 2 amide bonds. The summed E-state index contributed by atoms with van der Waals surface area (Å²) in [5.41, 5.74) is 0.738. The highest BCUT2D eigenvalue weighted by molar-refractivity contribution is 5.91. The fourth-order valence-electron chi connectivity index (χ4n) is 5.71. The van der Waals surface area contributed by atoms with Gasteiger partial charge in [0.1, 0.15) is 5.75 Å².